The third-order valence-electron chi connectivity index (χ3n) is 5.52. The normalized spacial score (nSPS) is 25.9. The zero-order valence-corrected chi connectivity index (χ0v) is 16.0. The van der Waals surface area contributed by atoms with Crippen LogP contribution in [0.2, 0.25) is 0 Å². The maximum absolute atomic E-state index is 13.0. The number of methoxy groups -OCH3 is 1. The van der Waals surface area contributed by atoms with Crippen LogP contribution in [0.3, 0.4) is 0 Å². The predicted molar refractivity (Wildman–Crippen MR) is 103 cm³/mol. The zero-order chi connectivity index (χ0) is 19.7. The van der Waals surface area contributed by atoms with Crippen molar-refractivity contribution in [3.05, 3.63) is 40.8 Å². The van der Waals surface area contributed by atoms with Gasteiger partial charge >= 0.3 is 5.97 Å². The van der Waals surface area contributed by atoms with Crippen LogP contribution in [-0.4, -0.2) is 44.7 Å². The lowest BCUT2D eigenvalue weighted by Gasteiger charge is -2.17. The number of carbonyl (C=O) groups excluding carboxylic acids is 1. The molecule has 0 spiro atoms. The molecule has 0 radical (unpaired) electrons. The average molecular weight is 384 g/mol. The fraction of sp³-hybridized carbons (Fsp3) is 0.526. The second-order valence-corrected chi connectivity index (χ2v) is 7.45. The van der Waals surface area contributed by atoms with Gasteiger partial charge in [0.25, 0.3) is 5.56 Å². The Labute approximate surface area is 162 Å². The molecule has 2 aromatic heterocycles. The van der Waals surface area contributed by atoms with Gasteiger partial charge in [-0.05, 0) is 31.7 Å². The van der Waals surface area contributed by atoms with E-state index in [1.165, 1.54) is 11.7 Å². The summed E-state index contributed by atoms with van der Waals surface area (Å²) in [7, 11) is 1.34. The van der Waals surface area contributed by atoms with Crippen molar-refractivity contribution in [2.45, 2.75) is 56.7 Å². The summed E-state index contributed by atoms with van der Waals surface area (Å²) < 4.78 is 6.36. The molecule has 1 aliphatic carbocycles. The summed E-state index contributed by atoms with van der Waals surface area (Å²) in [6, 6.07) is 1.56. The number of anilines is 2. The highest BCUT2D eigenvalue weighted by atomic mass is 16.5. The van der Waals surface area contributed by atoms with Crippen molar-refractivity contribution in [1.29, 1.82) is 0 Å². The van der Waals surface area contributed by atoms with E-state index in [0.717, 1.165) is 19.3 Å². The minimum absolute atomic E-state index is 0.0387. The van der Waals surface area contributed by atoms with E-state index < -0.39 is 12.0 Å². The van der Waals surface area contributed by atoms with Crippen LogP contribution in [0.5, 0.6) is 0 Å². The number of nitrogens with zero attached hydrogens (tertiary/aromatic N) is 4. The molecule has 4 rings (SSSR count). The van der Waals surface area contributed by atoms with Gasteiger partial charge in [-0.25, -0.2) is 19.7 Å². The molecule has 9 heteroatoms. The van der Waals surface area contributed by atoms with E-state index in [1.807, 2.05) is 6.92 Å². The third kappa shape index (κ3) is 3.44. The number of esters is 1. The lowest BCUT2D eigenvalue weighted by Crippen LogP contribution is -2.32. The van der Waals surface area contributed by atoms with Crippen LogP contribution < -0.4 is 16.2 Å². The van der Waals surface area contributed by atoms with E-state index >= 15 is 0 Å². The maximum atomic E-state index is 13.0. The Bertz CT molecular complexity index is 916. The first-order valence-electron chi connectivity index (χ1n) is 9.56. The quantitative estimate of drug-likeness (QED) is 0.750. The molecule has 1 saturated carbocycles. The second-order valence-electron chi connectivity index (χ2n) is 7.45. The molecule has 148 valence electrons. The molecule has 9 nitrogen and oxygen atoms in total. The minimum Gasteiger partial charge on any atom is -0.467 e. The van der Waals surface area contributed by atoms with Crippen molar-refractivity contribution >= 4 is 17.6 Å². The molecule has 1 aliphatic heterocycles. The van der Waals surface area contributed by atoms with Gasteiger partial charge in [0, 0.05) is 30.4 Å². The number of hydrogen-bond acceptors (Lipinski definition) is 8. The summed E-state index contributed by atoms with van der Waals surface area (Å²) in [6.45, 7) is 1.97. The molecule has 28 heavy (non-hydrogen) atoms. The largest absolute Gasteiger partial charge is 0.467 e. The molecular formula is C19H24N6O3. The lowest BCUT2D eigenvalue weighted by atomic mass is 10.1. The molecule has 0 aromatic carbocycles. The number of aromatic nitrogens is 4. The van der Waals surface area contributed by atoms with Crippen LogP contribution in [0, 0.1) is 0 Å². The topological polar surface area (TPSA) is 111 Å². The first-order valence-corrected chi connectivity index (χ1v) is 9.56. The van der Waals surface area contributed by atoms with E-state index in [0.29, 0.717) is 23.9 Å². The van der Waals surface area contributed by atoms with Gasteiger partial charge in [-0.2, -0.15) is 0 Å². The molecule has 0 bridgehead atoms. The first-order chi connectivity index (χ1) is 13.6. The lowest BCUT2D eigenvalue weighted by molar-refractivity contribution is -0.144. The molecule has 1 fully saturated rings. The van der Waals surface area contributed by atoms with Crippen molar-refractivity contribution in [3.8, 4) is 0 Å². The molecular weight excluding hydrogens is 360 g/mol. The molecule has 2 aliphatic rings. The Morgan fingerprint density at radius 1 is 1.14 bits per heavy atom. The SMILES string of the molecule is COC(=O)[C@@H]1C[C@@H](C)c2ncc(N[C@@H]3CC[C@@H](Nc4ncccn4)C3)c(=O)n21. The number of carbonyl (C=O) groups is 1. The fourth-order valence-corrected chi connectivity index (χ4v) is 4.15. The Morgan fingerprint density at radius 2 is 1.86 bits per heavy atom. The molecule has 4 atom stereocenters. The van der Waals surface area contributed by atoms with E-state index in [-0.39, 0.29) is 23.6 Å². The minimum atomic E-state index is -0.607. The Hall–Kier alpha value is -2.97. The van der Waals surface area contributed by atoms with Crippen LogP contribution in [0.25, 0.3) is 0 Å². The Morgan fingerprint density at radius 3 is 2.57 bits per heavy atom. The standard InChI is InChI=1S/C19H24N6O3/c1-11-8-15(18(27)28-2)25-16(11)22-10-14(17(25)26)23-12-4-5-13(9-12)24-19-20-6-3-7-21-19/h3,6-7,10-13,15,23H,4-5,8-9H2,1-2H3,(H,20,21,24)/t11-,12-,13-,15+/m1/s1. The highest BCUT2D eigenvalue weighted by molar-refractivity contribution is 5.75. The van der Waals surface area contributed by atoms with Gasteiger partial charge in [-0.15, -0.1) is 0 Å². The van der Waals surface area contributed by atoms with Gasteiger partial charge in [0.15, 0.2) is 0 Å². The Balaban J connectivity index is 1.48. The average Bonchev–Trinajstić information content (AvgIpc) is 3.28. The number of ether oxygens (including phenoxy) is 1. The van der Waals surface area contributed by atoms with E-state index in [4.69, 9.17) is 4.74 Å². The van der Waals surface area contributed by atoms with Crippen molar-refractivity contribution < 1.29 is 9.53 Å². The summed E-state index contributed by atoms with van der Waals surface area (Å²) in [5.74, 6) is 0.886. The van der Waals surface area contributed by atoms with Crippen LogP contribution in [0.15, 0.2) is 29.5 Å². The second kappa shape index (κ2) is 7.57. The van der Waals surface area contributed by atoms with Crippen LogP contribution >= 0.6 is 0 Å². The number of hydrogen-bond donors (Lipinski definition) is 2. The zero-order valence-electron chi connectivity index (χ0n) is 16.0. The summed E-state index contributed by atoms with van der Waals surface area (Å²) in [5, 5.41) is 6.64. The monoisotopic (exact) mass is 384 g/mol. The summed E-state index contributed by atoms with van der Waals surface area (Å²) in [6.07, 6.45) is 8.25. The van der Waals surface area contributed by atoms with Gasteiger partial charge in [0.05, 0.1) is 13.3 Å². The first kappa shape index (κ1) is 18.4. The van der Waals surface area contributed by atoms with Crippen LogP contribution in [0.1, 0.15) is 50.4 Å². The molecule has 2 N–H and O–H groups in total. The third-order valence-corrected chi connectivity index (χ3v) is 5.52. The van der Waals surface area contributed by atoms with Crippen molar-refractivity contribution in [1.82, 2.24) is 19.5 Å². The Kier molecular flexibility index (Phi) is 4.97. The van der Waals surface area contributed by atoms with Gasteiger partial charge in [0.2, 0.25) is 5.95 Å². The van der Waals surface area contributed by atoms with E-state index in [2.05, 4.69) is 25.6 Å². The van der Waals surface area contributed by atoms with Gasteiger partial charge in [0.1, 0.15) is 17.6 Å². The van der Waals surface area contributed by atoms with Crippen molar-refractivity contribution in [3.63, 3.8) is 0 Å². The number of nitrogens with one attached hydrogen (secondary N) is 2. The van der Waals surface area contributed by atoms with Crippen LogP contribution in [0.4, 0.5) is 11.6 Å². The van der Waals surface area contributed by atoms with Gasteiger partial charge < -0.3 is 15.4 Å². The van der Waals surface area contributed by atoms with Gasteiger partial charge in [-0.3, -0.25) is 9.36 Å². The summed E-state index contributed by atoms with van der Waals surface area (Å²) in [5.41, 5.74) is 0.209. The molecule has 0 unspecified atom stereocenters. The van der Waals surface area contributed by atoms with Crippen molar-refractivity contribution in [2.24, 2.45) is 0 Å². The van der Waals surface area contributed by atoms with Crippen molar-refractivity contribution in [2.75, 3.05) is 17.7 Å². The maximum Gasteiger partial charge on any atom is 0.329 e. The predicted octanol–water partition coefficient (Wildman–Crippen LogP) is 1.70. The molecule has 2 aromatic rings. The smallest absolute Gasteiger partial charge is 0.329 e. The van der Waals surface area contributed by atoms with Crippen LogP contribution in [-0.2, 0) is 9.53 Å². The van der Waals surface area contributed by atoms with E-state index in [9.17, 15) is 9.59 Å². The summed E-state index contributed by atoms with van der Waals surface area (Å²) >= 11 is 0. The highest BCUT2D eigenvalue weighted by Gasteiger charge is 2.36. The highest BCUT2D eigenvalue weighted by Crippen LogP contribution is 2.34. The summed E-state index contributed by atoms with van der Waals surface area (Å²) in [4.78, 5) is 38.0. The molecule has 0 amide bonds. The fourth-order valence-electron chi connectivity index (χ4n) is 4.15. The number of fused-ring (bicyclic) bond motifs is 1. The van der Waals surface area contributed by atoms with Gasteiger partial charge in [-0.1, -0.05) is 6.92 Å². The molecule has 0 saturated heterocycles. The molecule has 3 heterocycles. The number of rotatable bonds is 5. The van der Waals surface area contributed by atoms with E-state index in [1.54, 1.807) is 24.7 Å².